The Hall–Kier alpha value is -0.550. The lowest BCUT2D eigenvalue weighted by atomic mass is 10.1. The Morgan fingerprint density at radius 1 is 1.62 bits per heavy atom. The van der Waals surface area contributed by atoms with E-state index in [1.54, 1.807) is 6.33 Å². The highest BCUT2D eigenvalue weighted by Gasteiger charge is 2.20. The normalized spacial score (nSPS) is 25.9. The third kappa shape index (κ3) is 2.98. The largest absolute Gasteiger partial charge is 0.321 e. The highest BCUT2D eigenvalue weighted by atomic mass is 32.2. The number of thioether (sulfide) groups is 1. The number of nitrogens with zero attached hydrogens (tertiary/aromatic N) is 3. The maximum absolute atomic E-state index is 4.09. The smallest absolute Gasteiger partial charge is 0.133 e. The van der Waals surface area contributed by atoms with E-state index in [0.717, 1.165) is 24.0 Å². The van der Waals surface area contributed by atoms with Crippen LogP contribution < -0.4 is 5.32 Å². The monoisotopic (exact) mass is 240 g/mol. The fourth-order valence-electron chi connectivity index (χ4n) is 2.09. The van der Waals surface area contributed by atoms with Crippen LogP contribution in [0.15, 0.2) is 6.33 Å². The number of rotatable bonds is 4. The summed E-state index contributed by atoms with van der Waals surface area (Å²) in [6.07, 6.45) is 5.38. The van der Waals surface area contributed by atoms with Gasteiger partial charge in [-0.05, 0) is 18.6 Å². The Labute approximate surface area is 101 Å². The summed E-state index contributed by atoms with van der Waals surface area (Å²) < 4.78 is 1.99. The van der Waals surface area contributed by atoms with Crippen LogP contribution in [-0.4, -0.2) is 38.4 Å². The molecule has 2 unspecified atom stereocenters. The van der Waals surface area contributed by atoms with Gasteiger partial charge in [0.05, 0.1) is 0 Å². The average Bonchev–Trinajstić information content (AvgIpc) is 2.67. The van der Waals surface area contributed by atoms with Crippen molar-refractivity contribution in [1.82, 2.24) is 20.1 Å². The first-order valence-electron chi connectivity index (χ1n) is 5.95. The highest BCUT2D eigenvalue weighted by Crippen LogP contribution is 2.24. The summed E-state index contributed by atoms with van der Waals surface area (Å²) in [5, 5.41) is 12.3. The first kappa shape index (κ1) is 11.9. The van der Waals surface area contributed by atoms with E-state index in [4.69, 9.17) is 0 Å². The maximum Gasteiger partial charge on any atom is 0.133 e. The van der Waals surface area contributed by atoms with Crippen LogP contribution in [0.25, 0.3) is 0 Å². The molecule has 16 heavy (non-hydrogen) atoms. The average molecular weight is 240 g/mol. The molecular formula is C11H20N4S. The van der Waals surface area contributed by atoms with Crippen molar-refractivity contribution in [3.05, 3.63) is 12.2 Å². The number of aromatic nitrogens is 3. The van der Waals surface area contributed by atoms with Crippen LogP contribution in [0.1, 0.15) is 25.6 Å². The van der Waals surface area contributed by atoms with Gasteiger partial charge in [-0.3, -0.25) is 0 Å². The lowest BCUT2D eigenvalue weighted by Crippen LogP contribution is -2.40. The summed E-state index contributed by atoms with van der Waals surface area (Å²) in [6, 6.07) is 0.673. The number of aryl methyl sites for hydroxylation is 1. The molecule has 4 nitrogen and oxygen atoms in total. The molecule has 0 aromatic carbocycles. The van der Waals surface area contributed by atoms with Gasteiger partial charge in [0, 0.05) is 31.3 Å². The summed E-state index contributed by atoms with van der Waals surface area (Å²) in [7, 11) is 1.99. The van der Waals surface area contributed by atoms with Crippen molar-refractivity contribution in [2.75, 3.05) is 12.3 Å². The molecule has 2 atom stereocenters. The number of hydrogen-bond acceptors (Lipinski definition) is 4. The summed E-state index contributed by atoms with van der Waals surface area (Å²) in [6.45, 7) is 3.33. The van der Waals surface area contributed by atoms with Crippen LogP contribution in [0.3, 0.4) is 0 Å². The van der Waals surface area contributed by atoms with Crippen molar-refractivity contribution in [3.8, 4) is 0 Å². The minimum absolute atomic E-state index is 0.673. The number of hydrogen-bond donors (Lipinski definition) is 1. The van der Waals surface area contributed by atoms with Crippen LogP contribution in [-0.2, 0) is 13.5 Å². The molecular weight excluding hydrogens is 220 g/mol. The predicted octanol–water partition coefficient (Wildman–Crippen LogP) is 1.23. The first-order valence-corrected chi connectivity index (χ1v) is 7.00. The van der Waals surface area contributed by atoms with Crippen molar-refractivity contribution in [2.24, 2.45) is 7.05 Å². The van der Waals surface area contributed by atoms with Gasteiger partial charge in [0.1, 0.15) is 12.2 Å². The fourth-order valence-corrected chi connectivity index (χ4v) is 3.26. The zero-order valence-corrected chi connectivity index (χ0v) is 10.8. The topological polar surface area (TPSA) is 42.7 Å². The molecule has 0 amide bonds. The first-order chi connectivity index (χ1) is 7.77. The predicted molar refractivity (Wildman–Crippen MR) is 67.7 cm³/mol. The van der Waals surface area contributed by atoms with E-state index in [-0.39, 0.29) is 0 Å². The van der Waals surface area contributed by atoms with Crippen LogP contribution in [0, 0.1) is 0 Å². The Morgan fingerprint density at radius 2 is 2.50 bits per heavy atom. The third-order valence-electron chi connectivity index (χ3n) is 3.17. The molecule has 1 saturated heterocycles. The molecule has 1 aliphatic heterocycles. The van der Waals surface area contributed by atoms with Crippen molar-refractivity contribution < 1.29 is 0 Å². The van der Waals surface area contributed by atoms with Crippen molar-refractivity contribution in [2.45, 2.75) is 37.5 Å². The van der Waals surface area contributed by atoms with Crippen LogP contribution in [0.2, 0.25) is 0 Å². The SMILES string of the molecule is CC1SCCCC1NCCc1nncn1C. The van der Waals surface area contributed by atoms with Gasteiger partial charge in [0.2, 0.25) is 0 Å². The van der Waals surface area contributed by atoms with Gasteiger partial charge in [-0.25, -0.2) is 0 Å². The molecule has 2 rings (SSSR count). The second-order valence-corrected chi connectivity index (χ2v) is 5.87. The van der Waals surface area contributed by atoms with Gasteiger partial charge in [-0.2, -0.15) is 11.8 Å². The van der Waals surface area contributed by atoms with Crippen LogP contribution in [0.5, 0.6) is 0 Å². The summed E-state index contributed by atoms with van der Waals surface area (Å²) in [4.78, 5) is 0. The highest BCUT2D eigenvalue weighted by molar-refractivity contribution is 7.99. The lowest BCUT2D eigenvalue weighted by Gasteiger charge is -2.29. The molecule has 2 heterocycles. The minimum Gasteiger partial charge on any atom is -0.321 e. The molecule has 0 saturated carbocycles. The lowest BCUT2D eigenvalue weighted by molar-refractivity contribution is 0.462. The van der Waals surface area contributed by atoms with E-state index < -0.39 is 0 Å². The Balaban J connectivity index is 1.73. The Kier molecular flexibility index (Phi) is 4.23. The molecule has 1 fully saturated rings. The Morgan fingerprint density at radius 3 is 3.19 bits per heavy atom. The molecule has 0 radical (unpaired) electrons. The maximum atomic E-state index is 4.09. The Bertz CT molecular complexity index is 326. The fraction of sp³-hybridized carbons (Fsp3) is 0.818. The summed E-state index contributed by atoms with van der Waals surface area (Å²) in [5.41, 5.74) is 0. The van der Waals surface area contributed by atoms with Gasteiger partial charge >= 0.3 is 0 Å². The molecule has 5 heteroatoms. The molecule has 0 aliphatic carbocycles. The van der Waals surface area contributed by atoms with E-state index in [1.165, 1.54) is 18.6 Å². The van der Waals surface area contributed by atoms with E-state index in [9.17, 15) is 0 Å². The van der Waals surface area contributed by atoms with E-state index in [1.807, 2.05) is 11.6 Å². The van der Waals surface area contributed by atoms with E-state index >= 15 is 0 Å². The number of nitrogens with one attached hydrogen (secondary N) is 1. The molecule has 1 aromatic heterocycles. The second kappa shape index (κ2) is 5.68. The zero-order chi connectivity index (χ0) is 11.4. The quantitative estimate of drug-likeness (QED) is 0.859. The summed E-state index contributed by atoms with van der Waals surface area (Å²) in [5.74, 6) is 2.38. The van der Waals surface area contributed by atoms with Gasteiger partial charge in [0.15, 0.2) is 0 Å². The van der Waals surface area contributed by atoms with Crippen molar-refractivity contribution in [3.63, 3.8) is 0 Å². The van der Waals surface area contributed by atoms with Crippen molar-refractivity contribution in [1.29, 1.82) is 0 Å². The molecule has 0 spiro atoms. The van der Waals surface area contributed by atoms with Gasteiger partial charge in [-0.15, -0.1) is 10.2 Å². The van der Waals surface area contributed by atoms with Gasteiger partial charge in [-0.1, -0.05) is 6.92 Å². The van der Waals surface area contributed by atoms with E-state index in [2.05, 4.69) is 34.2 Å². The van der Waals surface area contributed by atoms with Crippen LogP contribution in [0.4, 0.5) is 0 Å². The van der Waals surface area contributed by atoms with Crippen molar-refractivity contribution >= 4 is 11.8 Å². The molecule has 1 aliphatic rings. The molecule has 90 valence electrons. The minimum atomic E-state index is 0.673. The third-order valence-corrected chi connectivity index (χ3v) is 4.55. The standard InChI is InChI=1S/C11H20N4S/c1-9-10(4-3-7-16-9)12-6-5-11-14-13-8-15(11)2/h8-10,12H,3-7H2,1-2H3. The summed E-state index contributed by atoms with van der Waals surface area (Å²) >= 11 is 2.08. The van der Waals surface area contributed by atoms with Gasteiger partial charge in [0.25, 0.3) is 0 Å². The zero-order valence-electron chi connectivity index (χ0n) is 10.0. The molecule has 0 bridgehead atoms. The van der Waals surface area contributed by atoms with E-state index in [0.29, 0.717) is 6.04 Å². The molecule has 1 aromatic rings. The van der Waals surface area contributed by atoms with Gasteiger partial charge < -0.3 is 9.88 Å². The van der Waals surface area contributed by atoms with Crippen LogP contribution >= 0.6 is 11.8 Å². The second-order valence-electron chi connectivity index (χ2n) is 4.39. The molecule has 1 N–H and O–H groups in total.